The molecule has 2 N–H and O–H groups in total. The Kier molecular flexibility index (Phi) is 5.41. The number of carbonyl (C=O) groups is 3. The van der Waals surface area contributed by atoms with Crippen LogP contribution in [0.5, 0.6) is 0 Å². The van der Waals surface area contributed by atoms with E-state index in [-0.39, 0.29) is 23.3 Å². The maximum absolute atomic E-state index is 12.3. The Balaban J connectivity index is 1.36. The van der Waals surface area contributed by atoms with Crippen LogP contribution in [0.4, 0.5) is 4.79 Å². The van der Waals surface area contributed by atoms with Crippen molar-refractivity contribution in [1.82, 2.24) is 14.7 Å². The molecule has 0 aromatic heterocycles. The zero-order chi connectivity index (χ0) is 18.9. The smallest absolute Gasteiger partial charge is 0.408 e. The number of nitrogens with zero attached hydrogens (tertiary/aromatic N) is 3. The highest BCUT2D eigenvalue weighted by Crippen LogP contribution is 2.53. The summed E-state index contributed by atoms with van der Waals surface area (Å²) in [5.41, 5.74) is 0.103. The molecule has 1 saturated carbocycles. The van der Waals surface area contributed by atoms with E-state index in [4.69, 9.17) is 5.11 Å². The van der Waals surface area contributed by atoms with Crippen LogP contribution in [-0.2, 0) is 9.59 Å². The fourth-order valence-corrected chi connectivity index (χ4v) is 4.14. The number of aliphatic hydroxyl groups excluding tert-OH is 1. The highest BCUT2D eigenvalue weighted by atomic mass is 16.4. The molecule has 0 aromatic carbocycles. The second-order valence-electron chi connectivity index (χ2n) is 7.90. The first-order valence-electron chi connectivity index (χ1n) is 9.58. The third kappa shape index (κ3) is 3.79. The van der Waals surface area contributed by atoms with Gasteiger partial charge in [0.15, 0.2) is 0 Å². The van der Waals surface area contributed by atoms with Crippen LogP contribution in [0.3, 0.4) is 0 Å². The van der Waals surface area contributed by atoms with Crippen molar-refractivity contribution in [2.75, 3.05) is 32.7 Å². The van der Waals surface area contributed by atoms with Crippen molar-refractivity contribution in [2.24, 2.45) is 5.41 Å². The Morgan fingerprint density at radius 3 is 2.50 bits per heavy atom. The van der Waals surface area contributed by atoms with E-state index in [2.05, 4.69) is 0 Å². The lowest BCUT2D eigenvalue weighted by Gasteiger charge is -2.37. The van der Waals surface area contributed by atoms with Gasteiger partial charge in [-0.2, -0.15) is 0 Å². The Morgan fingerprint density at radius 2 is 1.88 bits per heavy atom. The van der Waals surface area contributed by atoms with Gasteiger partial charge in [-0.15, -0.1) is 0 Å². The summed E-state index contributed by atoms with van der Waals surface area (Å²) in [6.45, 7) is 4.09. The quantitative estimate of drug-likeness (QED) is 0.698. The van der Waals surface area contributed by atoms with E-state index in [1.807, 2.05) is 0 Å². The molecule has 8 nitrogen and oxygen atoms in total. The molecule has 2 atom stereocenters. The summed E-state index contributed by atoms with van der Waals surface area (Å²) in [5.74, 6) is -0.0891. The Labute approximate surface area is 153 Å². The third-order valence-electron chi connectivity index (χ3n) is 6.29. The number of amides is 3. The van der Waals surface area contributed by atoms with Gasteiger partial charge in [0.1, 0.15) is 6.04 Å². The standard InChI is InChI=1S/C18H29N3O5/c1-13-16(24)19(10-11-21(13)17(25)26)8-3-2-4-15(23)20-9-7-18(5-6-18)14(22)12-20/h13-14,22H,2-12H2,1H3,(H,25,26)/t13-,14+/m0/s1. The summed E-state index contributed by atoms with van der Waals surface area (Å²) in [4.78, 5) is 40.2. The molecule has 146 valence electrons. The molecule has 0 unspecified atom stereocenters. The number of unbranched alkanes of at least 4 members (excludes halogenated alkanes) is 1. The van der Waals surface area contributed by atoms with Crippen LogP contribution in [0, 0.1) is 5.41 Å². The number of carbonyl (C=O) groups excluding carboxylic acids is 2. The van der Waals surface area contributed by atoms with Gasteiger partial charge in [0.2, 0.25) is 11.8 Å². The third-order valence-corrected chi connectivity index (χ3v) is 6.29. The van der Waals surface area contributed by atoms with Crippen LogP contribution in [0.2, 0.25) is 0 Å². The fourth-order valence-electron chi connectivity index (χ4n) is 4.14. The molecule has 2 heterocycles. The number of likely N-dealkylation sites (tertiary alicyclic amines) is 1. The fraction of sp³-hybridized carbons (Fsp3) is 0.833. The number of rotatable bonds is 5. The largest absolute Gasteiger partial charge is 0.465 e. The molecule has 3 amide bonds. The molecule has 0 radical (unpaired) electrons. The zero-order valence-corrected chi connectivity index (χ0v) is 15.4. The first-order chi connectivity index (χ1) is 12.3. The number of hydrogen-bond acceptors (Lipinski definition) is 4. The van der Waals surface area contributed by atoms with Gasteiger partial charge in [-0.1, -0.05) is 0 Å². The summed E-state index contributed by atoms with van der Waals surface area (Å²) < 4.78 is 0. The Hall–Kier alpha value is -1.83. The van der Waals surface area contributed by atoms with Gasteiger partial charge >= 0.3 is 6.09 Å². The van der Waals surface area contributed by atoms with Crippen LogP contribution in [0.15, 0.2) is 0 Å². The number of carboxylic acid groups (broad SMARTS) is 1. The SMILES string of the molecule is C[C@H]1C(=O)N(CCCCC(=O)N2CCC3(CC3)[C@H](O)C2)CCN1C(=O)O. The summed E-state index contributed by atoms with van der Waals surface area (Å²) in [6.07, 6.45) is 3.46. The van der Waals surface area contributed by atoms with Crippen LogP contribution < -0.4 is 0 Å². The minimum atomic E-state index is -1.06. The number of hydrogen-bond donors (Lipinski definition) is 2. The van der Waals surface area contributed by atoms with E-state index in [1.165, 1.54) is 0 Å². The predicted molar refractivity (Wildman–Crippen MR) is 93.5 cm³/mol. The Bertz CT molecular complexity index is 577. The normalized spacial score (nSPS) is 27.8. The molecule has 2 saturated heterocycles. The van der Waals surface area contributed by atoms with Crippen molar-refractivity contribution >= 4 is 17.9 Å². The van der Waals surface area contributed by atoms with Crippen LogP contribution in [0.1, 0.15) is 45.4 Å². The van der Waals surface area contributed by atoms with Gasteiger partial charge < -0.3 is 20.0 Å². The van der Waals surface area contributed by atoms with Gasteiger partial charge in [-0.25, -0.2) is 4.79 Å². The second kappa shape index (κ2) is 7.42. The summed E-state index contributed by atoms with van der Waals surface area (Å²) in [5, 5.41) is 19.3. The van der Waals surface area contributed by atoms with Gasteiger partial charge in [0.25, 0.3) is 0 Å². The van der Waals surface area contributed by atoms with Gasteiger partial charge in [0, 0.05) is 39.1 Å². The molecule has 1 aliphatic carbocycles. The van der Waals surface area contributed by atoms with E-state index < -0.39 is 12.1 Å². The van der Waals surface area contributed by atoms with E-state index in [1.54, 1.807) is 16.7 Å². The second-order valence-corrected chi connectivity index (χ2v) is 7.90. The number of piperidine rings is 1. The number of aliphatic hydroxyl groups is 1. The summed E-state index contributed by atoms with van der Waals surface area (Å²) in [7, 11) is 0. The van der Waals surface area contributed by atoms with Gasteiger partial charge in [-0.3, -0.25) is 14.5 Å². The average Bonchev–Trinajstić information content (AvgIpc) is 3.38. The molecule has 3 fully saturated rings. The lowest BCUT2D eigenvalue weighted by Crippen LogP contribution is -2.57. The minimum absolute atomic E-state index is 0.0786. The van der Waals surface area contributed by atoms with Crippen LogP contribution in [-0.4, -0.2) is 87.7 Å². The number of β-amino-alcohol motifs (C(OH)–C–C–N with tert-alkyl or cyclic N) is 1. The minimum Gasteiger partial charge on any atom is -0.465 e. The monoisotopic (exact) mass is 367 g/mol. The van der Waals surface area contributed by atoms with E-state index in [9.17, 15) is 19.5 Å². The first kappa shape index (κ1) is 18.9. The molecule has 8 heteroatoms. The highest BCUT2D eigenvalue weighted by Gasteiger charge is 2.51. The van der Waals surface area contributed by atoms with Crippen LogP contribution in [0.25, 0.3) is 0 Å². The topological polar surface area (TPSA) is 101 Å². The van der Waals surface area contributed by atoms with Crippen LogP contribution >= 0.6 is 0 Å². The van der Waals surface area contributed by atoms with E-state index >= 15 is 0 Å². The lowest BCUT2D eigenvalue weighted by atomic mass is 9.90. The maximum Gasteiger partial charge on any atom is 0.408 e. The van der Waals surface area contributed by atoms with Crippen molar-refractivity contribution in [1.29, 1.82) is 0 Å². The first-order valence-corrected chi connectivity index (χ1v) is 9.58. The molecule has 3 rings (SSSR count). The predicted octanol–water partition coefficient (Wildman–Crippen LogP) is 0.741. The molecule has 26 heavy (non-hydrogen) atoms. The Morgan fingerprint density at radius 1 is 1.15 bits per heavy atom. The summed E-state index contributed by atoms with van der Waals surface area (Å²) >= 11 is 0. The van der Waals surface area contributed by atoms with Gasteiger partial charge in [0.05, 0.1) is 6.10 Å². The van der Waals surface area contributed by atoms with Crippen molar-refractivity contribution in [3.05, 3.63) is 0 Å². The zero-order valence-electron chi connectivity index (χ0n) is 15.4. The van der Waals surface area contributed by atoms with Gasteiger partial charge in [-0.05, 0) is 44.4 Å². The molecular formula is C18H29N3O5. The maximum atomic E-state index is 12.3. The summed E-state index contributed by atoms with van der Waals surface area (Å²) in [6, 6.07) is -0.646. The molecule has 3 aliphatic rings. The van der Waals surface area contributed by atoms with Crippen molar-refractivity contribution < 1.29 is 24.6 Å². The molecule has 0 aromatic rings. The molecule has 1 spiro atoms. The van der Waals surface area contributed by atoms with Crippen molar-refractivity contribution in [3.63, 3.8) is 0 Å². The highest BCUT2D eigenvalue weighted by molar-refractivity contribution is 5.86. The molecule has 2 aliphatic heterocycles. The van der Waals surface area contributed by atoms with E-state index in [0.717, 1.165) is 37.1 Å². The number of piperazine rings is 1. The van der Waals surface area contributed by atoms with Crippen molar-refractivity contribution in [3.8, 4) is 0 Å². The average molecular weight is 367 g/mol. The molecule has 0 bridgehead atoms. The van der Waals surface area contributed by atoms with E-state index in [0.29, 0.717) is 39.0 Å². The molecular weight excluding hydrogens is 338 g/mol. The lowest BCUT2D eigenvalue weighted by molar-refractivity contribution is -0.139. The van der Waals surface area contributed by atoms with Crippen molar-refractivity contribution in [2.45, 2.75) is 57.6 Å².